The highest BCUT2D eigenvalue weighted by molar-refractivity contribution is 6.38. The maximum Gasteiger partial charge on any atom is 0.411 e. The van der Waals surface area contributed by atoms with Gasteiger partial charge in [0.15, 0.2) is 6.10 Å². The number of nitrogens with zero attached hydrogens (tertiary/aromatic N) is 6. The summed E-state index contributed by atoms with van der Waals surface area (Å²) in [5, 5.41) is 68.3. The second-order valence-electron chi connectivity index (χ2n) is 44.3. The number of carboxylic acids is 2. The van der Waals surface area contributed by atoms with E-state index in [1.165, 1.54) is 14.7 Å². The minimum Gasteiger partial charge on any atom is -0.494 e. The number of ketones is 1. The normalized spacial score (nSPS) is 19.1. The third kappa shape index (κ3) is 38.0. The second-order valence-corrected chi connectivity index (χ2v) is 44.3. The van der Waals surface area contributed by atoms with Crippen molar-refractivity contribution in [3.63, 3.8) is 0 Å². The number of pyridine rings is 3. The quantitative estimate of drug-likeness (QED) is 0.0162. The summed E-state index contributed by atoms with van der Waals surface area (Å²) >= 11 is 0. The third-order valence-corrected chi connectivity index (χ3v) is 23.9. The number of Topliss-reactive ketones (excluding diaryl/α,β-unsaturated/α-hetero) is 1. The zero-order valence-corrected chi connectivity index (χ0v) is 90.4. The first-order valence-corrected chi connectivity index (χ1v) is 51.4. The minimum absolute atomic E-state index is 0.0129. The molecule has 3 saturated heterocycles. The Bertz CT molecular complexity index is 5540. The maximum absolute atomic E-state index is 14.4. The number of ether oxygens (including phenoxy) is 8. The van der Waals surface area contributed by atoms with E-state index in [1.807, 2.05) is 177 Å². The molecule has 12 amide bonds. The predicted octanol–water partition coefficient (Wildman–Crippen LogP) is 11.8. The van der Waals surface area contributed by atoms with E-state index in [0.717, 1.165) is 88.8 Å². The number of likely N-dealkylation sites (tertiary alicyclic amines) is 3. The van der Waals surface area contributed by atoms with Crippen LogP contribution in [-0.4, -0.2) is 286 Å². The van der Waals surface area contributed by atoms with E-state index in [9.17, 15) is 77.6 Å². The van der Waals surface area contributed by atoms with Crippen molar-refractivity contribution in [2.24, 2.45) is 16.6 Å². The van der Waals surface area contributed by atoms with Crippen molar-refractivity contribution in [3.05, 3.63) is 91.4 Å². The number of aliphatic hydroxyl groups excluding tert-OH is 2. The van der Waals surface area contributed by atoms with Crippen molar-refractivity contribution < 1.29 is 121 Å². The number of amides is 12. The third-order valence-electron chi connectivity index (χ3n) is 23.9. The number of nitrogens with two attached hydrogens (primary N) is 1. The zero-order valence-electron chi connectivity index (χ0n) is 90.4. The Morgan fingerprint density at radius 1 is 0.426 bits per heavy atom. The van der Waals surface area contributed by atoms with Crippen molar-refractivity contribution in [2.45, 2.75) is 382 Å². The van der Waals surface area contributed by atoms with Crippen LogP contribution in [0.5, 0.6) is 34.9 Å². The molecule has 6 heterocycles. The van der Waals surface area contributed by atoms with Crippen LogP contribution in [-0.2, 0) is 52.6 Å². The van der Waals surface area contributed by atoms with Gasteiger partial charge in [-0.2, -0.15) is 0 Å². The number of fused-ring (bicyclic) bond motifs is 3. The van der Waals surface area contributed by atoms with Gasteiger partial charge in [0.2, 0.25) is 41.1 Å². The first-order valence-electron chi connectivity index (χ1n) is 51.4. The zero-order chi connectivity index (χ0) is 110. The largest absolute Gasteiger partial charge is 0.494 e. The monoisotopic (exact) mass is 2070 g/mol. The standard InChI is InChI=1S/C36H52N6O7.C30H42N4O7.C21H26N2O6.C11H22N2O3.C9H18N2O2/c1-9-11-26(28(43)31(45)38-22-12-13-22)39-30(44)27-19-24(49-32-25-15-14-23(48-10-2)18-21(25)16-17-37-32)20-42(27)33(46)29(35(3,4)5)40-34(47)41-36(6,7)8;1-6-8-23(25(35)27(37)32-19-9-10-19)33-26(36)24-16-21(17-34(24)29(38)41-30(3,4)5)40-28-22-12-11-20(39-7-2)15-18(22)13-14-31-28;1-5-27-14-6-7-16-13(10-14)8-9-22-18(16)28-15-11-17(19(24)25)23(12-15)20(26)29-21(2,3)4;1-10(2,3)7(8(14)15)12-9(16)13-11(4,5)6;1-2-3-7(10)8(12)9(13)11-6-4-5-6/h14-18,22,24,26-27,29H,9-13,19-20H2,1-8H3,(H,38,45)(H,39,44)(H2,40,41,47);11-15,19,21,23-25,35H,6-10,16-17H2,1-5H3,(H,32,37)(H,33,36);6-10,15,17H,5,11-12H2,1-4H3,(H,24,25);7H,1-6H3,(H,14,15)(H2,12,13,16);6-8,12H,2-5,10H2,1H3,(H,11,13)/t24-,26+,27?,29-;21-,23+,24?,25?;15-,17+;7-;7-,8?/m11110/s1. The molecule has 41 heteroatoms. The molecule has 6 fully saturated rings. The first kappa shape index (κ1) is 120. The second kappa shape index (κ2) is 53.3. The van der Waals surface area contributed by atoms with E-state index < -0.39 is 178 Å². The average molecular weight is 2070 g/mol. The molecule has 3 aliphatic carbocycles. The van der Waals surface area contributed by atoms with Crippen molar-refractivity contribution >= 4 is 110 Å². The molecule has 818 valence electrons. The molecule has 6 aliphatic rings. The molecule has 148 heavy (non-hydrogen) atoms. The van der Waals surface area contributed by atoms with Crippen molar-refractivity contribution in [2.75, 3.05) is 39.5 Å². The number of hydrogen-bond acceptors (Lipinski definition) is 27. The number of rotatable bonds is 36. The summed E-state index contributed by atoms with van der Waals surface area (Å²) < 4.78 is 46.4. The Hall–Kier alpha value is -12.9. The highest BCUT2D eigenvalue weighted by Gasteiger charge is 2.50. The fourth-order valence-corrected chi connectivity index (χ4v) is 16.3. The lowest BCUT2D eigenvalue weighted by Crippen LogP contribution is -2.61. The molecule has 15 N–H and O–H groups in total. The fourth-order valence-electron chi connectivity index (χ4n) is 16.3. The molecular formula is C107H160N16O25. The summed E-state index contributed by atoms with van der Waals surface area (Å²) in [6.45, 7) is 45.6. The Morgan fingerprint density at radius 2 is 0.777 bits per heavy atom. The van der Waals surface area contributed by atoms with Gasteiger partial charge in [0, 0.05) is 89.3 Å². The van der Waals surface area contributed by atoms with Gasteiger partial charge in [-0.3, -0.25) is 43.4 Å². The molecule has 13 atom stereocenters. The van der Waals surface area contributed by atoms with Gasteiger partial charge in [-0.05, 0) is 261 Å². The number of aromatic nitrogens is 3. The number of carbonyl (C=O) groups excluding carboxylic acids is 11. The van der Waals surface area contributed by atoms with Crippen molar-refractivity contribution in [1.82, 2.24) is 77.5 Å². The molecular weight excluding hydrogens is 1910 g/mol. The van der Waals surface area contributed by atoms with Crippen LogP contribution in [0, 0.1) is 10.8 Å². The van der Waals surface area contributed by atoms with Crippen LogP contribution >= 0.6 is 0 Å². The molecule has 6 aromatic rings. The van der Waals surface area contributed by atoms with Crippen LogP contribution in [0.3, 0.4) is 0 Å². The number of urea groups is 2. The Labute approximate surface area is 867 Å². The van der Waals surface area contributed by atoms with Gasteiger partial charge >= 0.3 is 36.2 Å². The molecule has 0 spiro atoms. The molecule has 41 nitrogen and oxygen atoms in total. The van der Waals surface area contributed by atoms with E-state index in [2.05, 4.69) is 62.8 Å². The smallest absolute Gasteiger partial charge is 0.411 e. The molecule has 12 rings (SSSR count). The molecule has 3 saturated carbocycles. The number of aliphatic hydroxyl groups is 2. The highest BCUT2D eigenvalue weighted by atomic mass is 16.6. The molecule has 0 radical (unpaired) electrons. The lowest BCUT2D eigenvalue weighted by molar-refractivity contribution is -0.144. The van der Waals surface area contributed by atoms with E-state index in [1.54, 1.807) is 80.9 Å². The lowest BCUT2D eigenvalue weighted by Gasteiger charge is -2.36. The molecule has 0 bridgehead atoms. The number of hydrogen-bond donors (Lipinski definition) is 14. The number of benzene rings is 3. The summed E-state index contributed by atoms with van der Waals surface area (Å²) in [7, 11) is 0. The van der Waals surface area contributed by atoms with Gasteiger partial charge in [0.1, 0.15) is 83.1 Å². The first-order chi connectivity index (χ1) is 69.2. The molecule has 3 aliphatic heterocycles. The van der Waals surface area contributed by atoms with E-state index in [-0.39, 0.29) is 74.9 Å². The van der Waals surface area contributed by atoms with Crippen molar-refractivity contribution in [1.29, 1.82) is 0 Å². The van der Waals surface area contributed by atoms with E-state index in [4.69, 9.17) is 48.7 Å². The number of aliphatic carboxylic acids is 2. The average Bonchev–Trinajstić information content (AvgIpc) is 1.65. The number of nitrogens with one attached hydrogen (secondary N) is 9. The SMILES string of the molecule is CC(C)(C)NC(=O)N[C@H](C(=O)O)C(C)(C)C.CCC[C@H](N)C(O)C(=O)NC1CC1.CCC[C@H](NC(=O)C1C[C@@H](Oc2nccc3cc(OCC)ccc23)CN1C(=O)OC(C)(C)C)C(O)C(=O)NC1CC1.CCC[C@H](NC(=O)C1C[C@@H](Oc2nccc3cc(OCC)ccc23)CN1C(=O)[C@@H](NC(=O)NC(C)(C)C)C(C)(C)C)C(=O)C(=O)NC1CC1.CCOc1ccc2c(O[C@@H]3C[C@@H](C(=O)O)N(C(=O)OC(C)(C)C)C3)nccc2c1. The van der Waals surface area contributed by atoms with Crippen LogP contribution in [0.25, 0.3) is 32.3 Å². The molecule has 3 aromatic carbocycles. The highest BCUT2D eigenvalue weighted by Crippen LogP contribution is 2.37. The summed E-state index contributed by atoms with van der Waals surface area (Å²) in [6, 6.07) is 14.6. The summed E-state index contributed by atoms with van der Waals surface area (Å²) in [4.78, 5) is 182. The van der Waals surface area contributed by atoms with Crippen molar-refractivity contribution in [3.8, 4) is 34.9 Å². The van der Waals surface area contributed by atoms with E-state index >= 15 is 0 Å². The molecule has 3 aromatic heterocycles. The van der Waals surface area contributed by atoms with Crippen LogP contribution in [0.15, 0.2) is 91.4 Å². The minimum atomic E-state index is -1.40. The predicted molar refractivity (Wildman–Crippen MR) is 556 cm³/mol. The van der Waals surface area contributed by atoms with Crippen LogP contribution in [0.1, 0.15) is 262 Å². The number of carboxylic acid groups (broad SMARTS) is 2. The Morgan fingerprint density at radius 3 is 1.13 bits per heavy atom. The van der Waals surface area contributed by atoms with Crippen LogP contribution in [0.4, 0.5) is 19.2 Å². The lowest BCUT2D eigenvalue weighted by atomic mass is 9.85. The maximum atomic E-state index is 14.4. The van der Waals surface area contributed by atoms with Gasteiger partial charge in [0.05, 0.1) is 51.5 Å². The topological polar surface area (TPSA) is 559 Å². The summed E-state index contributed by atoms with van der Waals surface area (Å²) in [5.74, 6) is -2.60. The van der Waals surface area contributed by atoms with Crippen LogP contribution in [0.2, 0.25) is 0 Å². The number of carbonyl (C=O) groups is 13. The van der Waals surface area contributed by atoms with Gasteiger partial charge in [-0.1, -0.05) is 81.6 Å². The van der Waals surface area contributed by atoms with E-state index in [0.29, 0.717) is 68.9 Å². The van der Waals surface area contributed by atoms with Gasteiger partial charge in [-0.15, -0.1) is 0 Å². The fraction of sp³-hybridized carbons (Fsp3) is 0.626. The summed E-state index contributed by atoms with van der Waals surface area (Å²) in [5.41, 5.74) is 1.94. The van der Waals surface area contributed by atoms with Crippen LogP contribution < -0.4 is 82.0 Å². The van der Waals surface area contributed by atoms with Gasteiger partial charge in [0.25, 0.3) is 17.7 Å². The van der Waals surface area contributed by atoms with Gasteiger partial charge in [-0.25, -0.2) is 43.7 Å². The van der Waals surface area contributed by atoms with Gasteiger partial charge < -0.3 is 117 Å². The Kier molecular flexibility index (Phi) is 43.3. The molecule has 4 unspecified atom stereocenters. The summed E-state index contributed by atoms with van der Waals surface area (Å²) in [6.07, 6.45) is 8.75. The Balaban J connectivity index is 0.000000242.